The van der Waals surface area contributed by atoms with Crippen LogP contribution in [0, 0.1) is 0 Å². The molecule has 2 amide bonds. The summed E-state index contributed by atoms with van der Waals surface area (Å²) in [5, 5.41) is 14.6. The van der Waals surface area contributed by atoms with Crippen LogP contribution in [-0.2, 0) is 6.54 Å². The zero-order chi connectivity index (χ0) is 18.5. The summed E-state index contributed by atoms with van der Waals surface area (Å²) in [6, 6.07) is 12.1. The molecular formula is C18H16N4O3S. The molecule has 0 radical (unpaired) electrons. The molecular weight excluding hydrogens is 352 g/mol. The van der Waals surface area contributed by atoms with Crippen LogP contribution in [0.2, 0.25) is 0 Å². The van der Waals surface area contributed by atoms with Crippen LogP contribution in [0.5, 0.6) is 0 Å². The van der Waals surface area contributed by atoms with Gasteiger partial charge in [-0.2, -0.15) is 0 Å². The first kappa shape index (κ1) is 17.4. The Morgan fingerprint density at radius 1 is 1.19 bits per heavy atom. The Hall–Kier alpha value is -3.39. The van der Waals surface area contributed by atoms with Gasteiger partial charge in [-0.25, -0.2) is 9.59 Å². The second-order valence-corrected chi connectivity index (χ2v) is 6.50. The summed E-state index contributed by atoms with van der Waals surface area (Å²) in [5.41, 5.74) is 8.32. The number of thiophene rings is 1. The van der Waals surface area contributed by atoms with E-state index in [9.17, 15) is 9.59 Å². The number of carbonyl (C=O) groups excluding carboxylic acids is 1. The first-order valence-corrected chi connectivity index (χ1v) is 8.51. The molecule has 3 rings (SSSR count). The van der Waals surface area contributed by atoms with E-state index in [-0.39, 0.29) is 16.6 Å². The summed E-state index contributed by atoms with van der Waals surface area (Å²) in [6.45, 7) is 0.379. The quantitative estimate of drug-likeness (QED) is 0.550. The predicted octanol–water partition coefficient (Wildman–Crippen LogP) is 3.41. The molecule has 26 heavy (non-hydrogen) atoms. The molecule has 1 aromatic carbocycles. The van der Waals surface area contributed by atoms with Gasteiger partial charge in [-0.3, -0.25) is 4.98 Å². The highest BCUT2D eigenvalue weighted by Crippen LogP contribution is 2.33. The number of nitrogens with one attached hydrogen (secondary N) is 2. The standard InChI is InChI=1S/C18H16N4O3S/c19-14-8-15(26-16(14)17(23)24)12-3-5-13(6-4-12)22-18(25)21-10-11-2-1-7-20-9-11/h1-9H,10,19H2,(H,23,24)(H2,21,22,25). The molecule has 132 valence electrons. The molecule has 5 N–H and O–H groups in total. The Morgan fingerprint density at radius 3 is 2.58 bits per heavy atom. The van der Waals surface area contributed by atoms with Gasteiger partial charge in [0.25, 0.3) is 0 Å². The number of carboxylic acid groups (broad SMARTS) is 1. The van der Waals surface area contributed by atoms with Gasteiger partial charge in [0.05, 0.1) is 5.69 Å². The van der Waals surface area contributed by atoms with Gasteiger partial charge in [0, 0.05) is 29.5 Å². The number of rotatable bonds is 5. The molecule has 0 bridgehead atoms. The maximum atomic E-state index is 11.9. The van der Waals surface area contributed by atoms with Crippen molar-refractivity contribution in [1.29, 1.82) is 0 Å². The third kappa shape index (κ3) is 4.17. The van der Waals surface area contributed by atoms with Gasteiger partial charge in [-0.15, -0.1) is 11.3 Å². The second kappa shape index (κ2) is 7.66. The van der Waals surface area contributed by atoms with Crippen molar-refractivity contribution >= 4 is 34.7 Å². The van der Waals surface area contributed by atoms with Crippen molar-refractivity contribution in [2.45, 2.75) is 6.54 Å². The molecule has 2 heterocycles. The van der Waals surface area contributed by atoms with E-state index in [0.29, 0.717) is 12.2 Å². The Bertz CT molecular complexity index is 923. The summed E-state index contributed by atoms with van der Waals surface area (Å²) in [7, 11) is 0. The Labute approximate surface area is 153 Å². The van der Waals surface area contributed by atoms with Crippen molar-refractivity contribution < 1.29 is 14.7 Å². The lowest BCUT2D eigenvalue weighted by atomic mass is 10.1. The lowest BCUT2D eigenvalue weighted by molar-refractivity contribution is 0.0703. The monoisotopic (exact) mass is 368 g/mol. The van der Waals surface area contributed by atoms with Gasteiger partial charge in [0.1, 0.15) is 4.88 Å². The van der Waals surface area contributed by atoms with E-state index >= 15 is 0 Å². The molecule has 3 aromatic rings. The molecule has 0 aliphatic carbocycles. The Morgan fingerprint density at radius 2 is 1.96 bits per heavy atom. The number of aromatic nitrogens is 1. The number of nitrogen functional groups attached to an aromatic ring is 1. The van der Waals surface area contributed by atoms with Crippen LogP contribution in [0.1, 0.15) is 15.2 Å². The lowest BCUT2D eigenvalue weighted by Gasteiger charge is -2.08. The number of aromatic carboxylic acids is 1. The summed E-state index contributed by atoms with van der Waals surface area (Å²) in [4.78, 5) is 27.9. The SMILES string of the molecule is Nc1cc(-c2ccc(NC(=O)NCc3cccnc3)cc2)sc1C(=O)O. The fourth-order valence-corrected chi connectivity index (χ4v) is 3.22. The molecule has 0 aliphatic heterocycles. The average Bonchev–Trinajstić information content (AvgIpc) is 3.03. The van der Waals surface area contributed by atoms with E-state index in [2.05, 4.69) is 15.6 Å². The highest BCUT2D eigenvalue weighted by atomic mass is 32.1. The van der Waals surface area contributed by atoms with E-state index in [1.807, 2.05) is 6.07 Å². The number of benzene rings is 1. The molecule has 0 aliphatic rings. The largest absolute Gasteiger partial charge is 0.477 e. The Balaban J connectivity index is 1.61. The Kier molecular flexibility index (Phi) is 5.14. The fraction of sp³-hybridized carbons (Fsp3) is 0.0556. The zero-order valence-electron chi connectivity index (χ0n) is 13.6. The maximum absolute atomic E-state index is 11.9. The van der Waals surface area contributed by atoms with Crippen molar-refractivity contribution in [2.24, 2.45) is 0 Å². The molecule has 0 atom stereocenters. The van der Waals surface area contributed by atoms with Crippen molar-refractivity contribution in [3.8, 4) is 10.4 Å². The third-order valence-corrected chi connectivity index (χ3v) is 4.75. The van der Waals surface area contributed by atoms with Crippen LogP contribution in [0.15, 0.2) is 54.9 Å². The first-order valence-electron chi connectivity index (χ1n) is 7.70. The third-order valence-electron chi connectivity index (χ3n) is 3.56. The van der Waals surface area contributed by atoms with Crippen molar-refractivity contribution in [3.05, 3.63) is 65.3 Å². The van der Waals surface area contributed by atoms with E-state index < -0.39 is 5.97 Å². The van der Waals surface area contributed by atoms with Gasteiger partial charge in [0.2, 0.25) is 0 Å². The molecule has 8 heteroatoms. The van der Waals surface area contributed by atoms with Crippen LogP contribution in [0.3, 0.4) is 0 Å². The van der Waals surface area contributed by atoms with Crippen LogP contribution >= 0.6 is 11.3 Å². The van der Waals surface area contributed by atoms with Crippen LogP contribution in [0.25, 0.3) is 10.4 Å². The summed E-state index contributed by atoms with van der Waals surface area (Å²) < 4.78 is 0. The first-order chi connectivity index (χ1) is 12.5. The molecule has 0 saturated heterocycles. The fourth-order valence-electron chi connectivity index (χ4n) is 2.29. The minimum Gasteiger partial charge on any atom is -0.477 e. The predicted molar refractivity (Wildman–Crippen MR) is 101 cm³/mol. The highest BCUT2D eigenvalue weighted by molar-refractivity contribution is 7.17. The van der Waals surface area contributed by atoms with E-state index in [1.54, 1.807) is 48.8 Å². The number of hydrogen-bond acceptors (Lipinski definition) is 5. The van der Waals surface area contributed by atoms with Gasteiger partial charge < -0.3 is 21.5 Å². The van der Waals surface area contributed by atoms with Gasteiger partial charge in [-0.1, -0.05) is 18.2 Å². The maximum Gasteiger partial charge on any atom is 0.348 e. The summed E-state index contributed by atoms with van der Waals surface area (Å²) >= 11 is 1.12. The molecule has 0 spiro atoms. The molecule has 0 saturated carbocycles. The van der Waals surface area contributed by atoms with Gasteiger partial charge >= 0.3 is 12.0 Å². The molecule has 2 aromatic heterocycles. The number of carbonyl (C=O) groups is 2. The van der Waals surface area contributed by atoms with Crippen LogP contribution in [0.4, 0.5) is 16.2 Å². The van der Waals surface area contributed by atoms with Crippen LogP contribution < -0.4 is 16.4 Å². The molecule has 7 nitrogen and oxygen atoms in total. The number of carboxylic acids is 1. The van der Waals surface area contributed by atoms with Gasteiger partial charge in [-0.05, 0) is 35.4 Å². The number of amides is 2. The minimum atomic E-state index is -1.04. The van der Waals surface area contributed by atoms with E-state index in [0.717, 1.165) is 27.3 Å². The molecule has 0 fully saturated rings. The zero-order valence-corrected chi connectivity index (χ0v) is 14.4. The van der Waals surface area contributed by atoms with Gasteiger partial charge in [0.15, 0.2) is 0 Å². The number of urea groups is 1. The second-order valence-electron chi connectivity index (χ2n) is 5.45. The number of nitrogens with zero attached hydrogens (tertiary/aromatic N) is 1. The number of hydrogen-bond donors (Lipinski definition) is 4. The summed E-state index contributed by atoms with van der Waals surface area (Å²) in [5.74, 6) is -1.04. The lowest BCUT2D eigenvalue weighted by Crippen LogP contribution is -2.28. The van der Waals surface area contributed by atoms with Crippen LogP contribution in [-0.4, -0.2) is 22.1 Å². The van der Waals surface area contributed by atoms with Crippen molar-refractivity contribution in [1.82, 2.24) is 10.3 Å². The molecule has 0 unspecified atom stereocenters. The topological polar surface area (TPSA) is 117 Å². The van der Waals surface area contributed by atoms with E-state index in [4.69, 9.17) is 10.8 Å². The average molecular weight is 368 g/mol. The van der Waals surface area contributed by atoms with Crippen molar-refractivity contribution in [3.63, 3.8) is 0 Å². The minimum absolute atomic E-state index is 0.122. The smallest absolute Gasteiger partial charge is 0.348 e. The highest BCUT2D eigenvalue weighted by Gasteiger charge is 2.14. The van der Waals surface area contributed by atoms with E-state index in [1.165, 1.54) is 0 Å². The number of pyridine rings is 1. The number of anilines is 2. The summed E-state index contributed by atoms with van der Waals surface area (Å²) in [6.07, 6.45) is 3.36. The normalized spacial score (nSPS) is 10.3. The van der Waals surface area contributed by atoms with Crippen molar-refractivity contribution in [2.75, 3.05) is 11.1 Å². The number of nitrogens with two attached hydrogens (primary N) is 1.